The highest BCUT2D eigenvalue weighted by Crippen LogP contribution is 2.32. The van der Waals surface area contributed by atoms with Crippen LogP contribution in [0.5, 0.6) is 0 Å². The first-order chi connectivity index (χ1) is 9.85. The van der Waals surface area contributed by atoms with Crippen molar-refractivity contribution < 1.29 is 8.42 Å². The average molecular weight is 349 g/mol. The Hall–Kier alpha value is -0.430. The van der Waals surface area contributed by atoms with Crippen molar-refractivity contribution in [3.8, 4) is 0 Å². The van der Waals surface area contributed by atoms with E-state index in [9.17, 15) is 8.42 Å². The fourth-order valence-corrected chi connectivity index (χ4v) is 5.48. The van der Waals surface area contributed by atoms with Crippen LogP contribution >= 0.6 is 23.4 Å². The molecule has 1 aromatic carbocycles. The topological polar surface area (TPSA) is 72.2 Å². The highest BCUT2D eigenvalue weighted by Gasteiger charge is 2.31. The van der Waals surface area contributed by atoms with E-state index >= 15 is 0 Å². The zero-order valence-electron chi connectivity index (χ0n) is 12.2. The molecule has 1 aliphatic carbocycles. The number of halogens is 1. The van der Waals surface area contributed by atoms with Gasteiger partial charge >= 0.3 is 0 Å². The predicted molar refractivity (Wildman–Crippen MR) is 90.5 cm³/mol. The maximum Gasteiger partial charge on any atom is 0.240 e. The van der Waals surface area contributed by atoms with E-state index in [2.05, 4.69) is 11.6 Å². The first-order valence-corrected chi connectivity index (χ1v) is 9.95. The summed E-state index contributed by atoms with van der Waals surface area (Å²) < 4.78 is 27.9. The van der Waals surface area contributed by atoms with Gasteiger partial charge in [0.25, 0.3) is 0 Å². The number of sulfonamides is 1. The molecule has 0 aliphatic heterocycles. The lowest BCUT2D eigenvalue weighted by Gasteiger charge is -2.20. The number of hydrogen-bond acceptors (Lipinski definition) is 4. The Bertz CT molecular complexity index is 596. The predicted octanol–water partition coefficient (Wildman–Crippen LogP) is 3.18. The monoisotopic (exact) mass is 348 g/mol. The lowest BCUT2D eigenvalue weighted by atomic mass is 10.2. The van der Waals surface area contributed by atoms with Gasteiger partial charge in [-0.25, -0.2) is 13.1 Å². The van der Waals surface area contributed by atoms with Crippen molar-refractivity contribution in [1.29, 1.82) is 0 Å². The number of anilines is 1. The highest BCUT2D eigenvalue weighted by molar-refractivity contribution is 8.00. The molecule has 0 amide bonds. The average Bonchev–Trinajstić information content (AvgIpc) is 2.82. The van der Waals surface area contributed by atoms with Crippen LogP contribution in [0.2, 0.25) is 5.02 Å². The van der Waals surface area contributed by atoms with Crippen molar-refractivity contribution in [2.24, 2.45) is 0 Å². The van der Waals surface area contributed by atoms with Crippen LogP contribution in [0.15, 0.2) is 17.0 Å². The number of nitrogen functional groups attached to an aromatic ring is 1. The minimum atomic E-state index is -3.56. The molecule has 4 nitrogen and oxygen atoms in total. The third-order valence-corrected chi connectivity index (χ3v) is 7.02. The highest BCUT2D eigenvalue weighted by atomic mass is 35.5. The second-order valence-corrected chi connectivity index (χ2v) is 8.90. The van der Waals surface area contributed by atoms with E-state index in [4.69, 9.17) is 17.3 Å². The molecule has 118 valence electrons. The molecular formula is C14H21ClN2O2S2. The molecule has 0 saturated heterocycles. The molecule has 1 fully saturated rings. The molecule has 0 heterocycles. The van der Waals surface area contributed by atoms with Crippen LogP contribution in [-0.4, -0.2) is 25.5 Å². The van der Waals surface area contributed by atoms with Crippen LogP contribution in [0.3, 0.4) is 0 Å². The summed E-state index contributed by atoms with van der Waals surface area (Å²) >= 11 is 7.81. The molecule has 1 saturated carbocycles. The van der Waals surface area contributed by atoms with Crippen molar-refractivity contribution in [3.63, 3.8) is 0 Å². The van der Waals surface area contributed by atoms with Gasteiger partial charge in [0.2, 0.25) is 10.0 Å². The van der Waals surface area contributed by atoms with E-state index in [1.807, 2.05) is 11.8 Å². The SMILES string of the molecule is CCSC1CCCC1NS(=O)(=O)c1cc(C)c(Cl)c(N)c1. The standard InChI is InChI=1S/C14H21ClN2O2S2/c1-3-20-13-6-4-5-12(13)17-21(18,19)10-7-9(2)14(15)11(16)8-10/h7-8,12-13,17H,3-6,16H2,1-2H3. The fraction of sp³-hybridized carbons (Fsp3) is 0.571. The van der Waals surface area contributed by atoms with Crippen molar-refractivity contribution >= 4 is 39.1 Å². The van der Waals surface area contributed by atoms with Crippen LogP contribution in [-0.2, 0) is 10.0 Å². The van der Waals surface area contributed by atoms with Crippen LogP contribution < -0.4 is 10.5 Å². The van der Waals surface area contributed by atoms with E-state index in [1.165, 1.54) is 6.07 Å². The summed E-state index contributed by atoms with van der Waals surface area (Å²) in [5.74, 6) is 0.996. The summed E-state index contributed by atoms with van der Waals surface area (Å²) in [6, 6.07) is 2.99. The summed E-state index contributed by atoms with van der Waals surface area (Å²) in [6.45, 7) is 3.85. The Morgan fingerprint density at radius 3 is 2.76 bits per heavy atom. The molecule has 2 rings (SSSR count). The lowest BCUT2D eigenvalue weighted by Crippen LogP contribution is -2.38. The van der Waals surface area contributed by atoms with E-state index < -0.39 is 10.0 Å². The van der Waals surface area contributed by atoms with Gasteiger partial charge in [0.15, 0.2) is 0 Å². The molecule has 21 heavy (non-hydrogen) atoms. The Kier molecular flexibility index (Phi) is 5.46. The zero-order chi connectivity index (χ0) is 15.6. The minimum absolute atomic E-state index is 0.00263. The van der Waals surface area contributed by atoms with Crippen molar-refractivity contribution in [3.05, 3.63) is 22.7 Å². The largest absolute Gasteiger partial charge is 0.397 e. The molecule has 0 aromatic heterocycles. The van der Waals surface area contributed by atoms with E-state index in [0.717, 1.165) is 25.0 Å². The van der Waals surface area contributed by atoms with Gasteiger partial charge in [-0.2, -0.15) is 11.8 Å². The molecule has 2 unspecified atom stereocenters. The molecule has 0 bridgehead atoms. The van der Waals surface area contributed by atoms with Crippen LogP contribution in [0.25, 0.3) is 0 Å². The smallest absolute Gasteiger partial charge is 0.240 e. The first kappa shape index (κ1) is 16.9. The number of nitrogens with two attached hydrogens (primary N) is 1. The molecule has 3 N–H and O–H groups in total. The van der Waals surface area contributed by atoms with Crippen molar-refractivity contribution in [2.45, 2.75) is 49.3 Å². The summed E-state index contributed by atoms with van der Waals surface area (Å²) in [7, 11) is -3.56. The van der Waals surface area contributed by atoms with Gasteiger partial charge in [-0.1, -0.05) is 24.9 Å². The first-order valence-electron chi connectivity index (χ1n) is 7.04. The molecule has 0 spiro atoms. The number of rotatable bonds is 5. The van der Waals surface area contributed by atoms with Crippen molar-refractivity contribution in [1.82, 2.24) is 4.72 Å². The molecule has 1 aliphatic rings. The summed E-state index contributed by atoms with van der Waals surface area (Å²) in [5.41, 5.74) is 6.74. The van der Waals surface area contributed by atoms with Crippen LogP contribution in [0.4, 0.5) is 5.69 Å². The van der Waals surface area contributed by atoms with Gasteiger partial charge in [0.1, 0.15) is 0 Å². The van der Waals surface area contributed by atoms with Gasteiger partial charge in [0, 0.05) is 11.3 Å². The minimum Gasteiger partial charge on any atom is -0.397 e. The van der Waals surface area contributed by atoms with Gasteiger partial charge in [0.05, 0.1) is 15.6 Å². The summed E-state index contributed by atoms with van der Waals surface area (Å²) in [5, 5.41) is 0.768. The maximum absolute atomic E-state index is 12.5. The van der Waals surface area contributed by atoms with Crippen LogP contribution in [0.1, 0.15) is 31.7 Å². The second kappa shape index (κ2) is 6.77. The van der Waals surface area contributed by atoms with Gasteiger partial charge < -0.3 is 5.73 Å². The van der Waals surface area contributed by atoms with Crippen molar-refractivity contribution in [2.75, 3.05) is 11.5 Å². The number of benzene rings is 1. The van der Waals surface area contributed by atoms with Crippen LogP contribution in [0, 0.1) is 6.92 Å². The molecule has 2 atom stereocenters. The molecule has 0 radical (unpaired) electrons. The number of nitrogens with one attached hydrogen (secondary N) is 1. The Morgan fingerprint density at radius 2 is 2.14 bits per heavy atom. The fourth-order valence-electron chi connectivity index (χ4n) is 2.66. The Balaban J connectivity index is 2.22. The normalized spacial score (nSPS) is 22.6. The third kappa shape index (κ3) is 3.86. The van der Waals surface area contributed by atoms with Gasteiger partial charge in [-0.15, -0.1) is 0 Å². The zero-order valence-corrected chi connectivity index (χ0v) is 14.6. The summed E-state index contributed by atoms with van der Waals surface area (Å²) in [6.07, 6.45) is 3.01. The second-order valence-electron chi connectivity index (χ2n) is 5.30. The maximum atomic E-state index is 12.5. The van der Waals surface area contributed by atoms with E-state index in [1.54, 1.807) is 13.0 Å². The number of aryl methyl sites for hydroxylation is 1. The quantitative estimate of drug-likeness (QED) is 0.801. The molecular weight excluding hydrogens is 328 g/mol. The number of hydrogen-bond donors (Lipinski definition) is 2. The van der Waals surface area contributed by atoms with E-state index in [-0.39, 0.29) is 10.9 Å². The number of thioether (sulfide) groups is 1. The third-order valence-electron chi connectivity index (χ3n) is 3.71. The van der Waals surface area contributed by atoms with Gasteiger partial charge in [-0.3, -0.25) is 0 Å². The lowest BCUT2D eigenvalue weighted by molar-refractivity contribution is 0.555. The molecule has 7 heteroatoms. The van der Waals surface area contributed by atoms with E-state index in [0.29, 0.717) is 21.5 Å². The summed E-state index contributed by atoms with van der Waals surface area (Å²) in [4.78, 5) is 0.189. The Labute approximate surface area is 135 Å². The Morgan fingerprint density at radius 1 is 1.43 bits per heavy atom. The molecule has 1 aromatic rings. The van der Waals surface area contributed by atoms with Gasteiger partial charge in [-0.05, 0) is 43.2 Å².